The molecule has 0 fully saturated rings. The van der Waals surface area contributed by atoms with Gasteiger partial charge < -0.3 is 25.2 Å². The Kier molecular flexibility index (Phi) is 36.6. The molecule has 0 aliphatic rings. The Labute approximate surface area is 338 Å². The summed E-state index contributed by atoms with van der Waals surface area (Å²) in [6.45, 7) is 2.58. The zero-order chi connectivity index (χ0) is 41.4. The third-order valence-electron chi connectivity index (χ3n) is 8.44. The van der Waals surface area contributed by atoms with E-state index in [0.29, 0.717) is 19.3 Å². The lowest BCUT2D eigenvalue weighted by Gasteiger charge is -2.20. The SMILES string of the molecule is CC/C=C/C/C=C/C/C=C/C/C=C/CCCCC(=O)OC[C@H](COP(=O)(O)OC[C@H](N)C(=O)O)OC(=O)CCC/C=C/C/C=C/CCCCCCCCCCC. The maximum absolute atomic E-state index is 12.6. The van der Waals surface area contributed by atoms with Crippen molar-refractivity contribution in [3.63, 3.8) is 0 Å². The largest absolute Gasteiger partial charge is 0.480 e. The zero-order valence-corrected chi connectivity index (χ0v) is 35.3. The molecule has 0 amide bonds. The van der Waals surface area contributed by atoms with Crippen molar-refractivity contribution in [1.82, 2.24) is 0 Å². The minimum atomic E-state index is -4.74. The summed E-state index contributed by atoms with van der Waals surface area (Å²) >= 11 is 0. The molecule has 12 heteroatoms. The van der Waals surface area contributed by atoms with Crippen LogP contribution in [0, 0.1) is 0 Å². The molecule has 0 spiro atoms. The highest BCUT2D eigenvalue weighted by Gasteiger charge is 2.28. The molecular formula is C44H74NO10P. The summed E-state index contributed by atoms with van der Waals surface area (Å²) in [5.41, 5.74) is 5.32. The van der Waals surface area contributed by atoms with E-state index in [9.17, 15) is 23.8 Å². The highest BCUT2D eigenvalue weighted by Crippen LogP contribution is 2.43. The summed E-state index contributed by atoms with van der Waals surface area (Å²) in [5, 5.41) is 8.88. The van der Waals surface area contributed by atoms with Gasteiger partial charge in [0.1, 0.15) is 12.6 Å². The molecule has 0 radical (unpaired) electrons. The van der Waals surface area contributed by atoms with E-state index in [-0.39, 0.29) is 19.4 Å². The summed E-state index contributed by atoms with van der Waals surface area (Å²) in [4.78, 5) is 45.9. The second-order valence-electron chi connectivity index (χ2n) is 13.7. The summed E-state index contributed by atoms with van der Waals surface area (Å²) in [7, 11) is -4.74. The molecule has 320 valence electrons. The predicted octanol–water partition coefficient (Wildman–Crippen LogP) is 10.9. The number of hydrogen-bond acceptors (Lipinski definition) is 9. The number of carbonyl (C=O) groups is 3. The van der Waals surface area contributed by atoms with Crippen LogP contribution in [0.3, 0.4) is 0 Å². The molecule has 0 bridgehead atoms. The van der Waals surface area contributed by atoms with Gasteiger partial charge in [-0.15, -0.1) is 0 Å². The summed E-state index contributed by atoms with van der Waals surface area (Å²) in [5.74, 6) is -2.50. The van der Waals surface area contributed by atoms with Gasteiger partial charge in [-0.3, -0.25) is 23.4 Å². The second-order valence-corrected chi connectivity index (χ2v) is 15.2. The average molecular weight is 808 g/mol. The molecule has 0 rings (SSSR count). The normalized spacial score (nSPS) is 14.5. The molecule has 0 aliphatic heterocycles. The van der Waals surface area contributed by atoms with E-state index in [0.717, 1.165) is 51.4 Å². The lowest BCUT2D eigenvalue weighted by atomic mass is 10.1. The molecule has 0 aliphatic carbocycles. The van der Waals surface area contributed by atoms with Crippen LogP contribution in [0.4, 0.5) is 0 Å². The number of unbranched alkanes of at least 4 members (excludes halogenated alkanes) is 12. The van der Waals surface area contributed by atoms with Gasteiger partial charge in [0, 0.05) is 12.8 Å². The fourth-order valence-corrected chi connectivity index (χ4v) is 5.93. The van der Waals surface area contributed by atoms with Gasteiger partial charge >= 0.3 is 25.7 Å². The maximum atomic E-state index is 12.6. The van der Waals surface area contributed by atoms with Crippen LogP contribution in [0.5, 0.6) is 0 Å². The first-order valence-corrected chi connectivity index (χ1v) is 22.5. The van der Waals surface area contributed by atoms with Gasteiger partial charge in [-0.05, 0) is 77.0 Å². The summed E-state index contributed by atoms with van der Waals surface area (Å²) in [6, 6.07) is -1.54. The highest BCUT2D eigenvalue weighted by molar-refractivity contribution is 7.47. The smallest absolute Gasteiger partial charge is 0.472 e. The van der Waals surface area contributed by atoms with E-state index in [2.05, 4.69) is 85.2 Å². The molecule has 4 N–H and O–H groups in total. The molecule has 0 heterocycles. The monoisotopic (exact) mass is 808 g/mol. The first-order chi connectivity index (χ1) is 27.1. The topological polar surface area (TPSA) is 172 Å². The van der Waals surface area contributed by atoms with Gasteiger partial charge in [-0.25, -0.2) is 4.57 Å². The first kappa shape index (κ1) is 52.9. The molecule has 11 nitrogen and oxygen atoms in total. The summed E-state index contributed by atoms with van der Waals surface area (Å²) < 4.78 is 32.6. The van der Waals surface area contributed by atoms with E-state index in [1.54, 1.807) is 0 Å². The fourth-order valence-electron chi connectivity index (χ4n) is 5.15. The Balaban J connectivity index is 4.53. The van der Waals surface area contributed by atoms with Crippen molar-refractivity contribution < 1.29 is 47.5 Å². The number of carboxylic acid groups (broad SMARTS) is 1. The molecule has 0 aromatic rings. The van der Waals surface area contributed by atoms with Crippen LogP contribution in [0.1, 0.15) is 155 Å². The minimum Gasteiger partial charge on any atom is -0.480 e. The molecule has 1 unspecified atom stereocenters. The standard InChI is InChI=1S/C44H74NO10P/c1-3-5-7-9-11-13-15-17-19-20-22-24-26-28-30-32-34-36-43(47)55-40(38-53-56(50,51)54-39-41(45)44(48)49)37-52-42(46)35-33-31-29-27-25-23-21-18-16-14-12-10-8-6-4-2/h6,8,12,14,18,21-22,24-25,27-28,30,40-41H,3-5,7,9-11,13,15-17,19-20,23,26,29,31-39,45H2,1-2H3,(H,48,49)(H,50,51)/b8-6+,14-12+,21-18+,24-22+,27-25+,30-28+/t40-,41+/m1/s1. The second kappa shape index (κ2) is 38.8. The number of carboxylic acids is 1. The number of phosphoric ester groups is 1. The van der Waals surface area contributed by atoms with Crippen molar-refractivity contribution in [3.05, 3.63) is 72.9 Å². The fraction of sp³-hybridized carbons (Fsp3) is 0.659. The van der Waals surface area contributed by atoms with Crippen LogP contribution < -0.4 is 5.73 Å². The predicted molar refractivity (Wildman–Crippen MR) is 226 cm³/mol. The lowest BCUT2D eigenvalue weighted by Crippen LogP contribution is -2.34. The molecule has 0 aromatic carbocycles. The van der Waals surface area contributed by atoms with Crippen molar-refractivity contribution in [3.8, 4) is 0 Å². The Morgan fingerprint density at radius 3 is 1.55 bits per heavy atom. The average Bonchev–Trinajstić information content (AvgIpc) is 3.17. The molecule has 0 saturated carbocycles. The van der Waals surface area contributed by atoms with E-state index < -0.39 is 51.1 Å². The lowest BCUT2D eigenvalue weighted by molar-refractivity contribution is -0.161. The van der Waals surface area contributed by atoms with E-state index in [4.69, 9.17) is 24.8 Å². The van der Waals surface area contributed by atoms with Gasteiger partial charge in [-0.2, -0.15) is 0 Å². The number of ether oxygens (including phenoxy) is 2. The number of allylic oxidation sites excluding steroid dienone is 12. The number of phosphoric acid groups is 1. The van der Waals surface area contributed by atoms with Crippen LogP contribution in [-0.2, 0) is 37.5 Å². The number of aliphatic carboxylic acids is 1. The van der Waals surface area contributed by atoms with E-state index >= 15 is 0 Å². The van der Waals surface area contributed by atoms with Crippen LogP contribution in [0.15, 0.2) is 72.9 Å². The Hall–Kier alpha value is -3.08. The molecule has 3 atom stereocenters. The molecule has 0 aromatic heterocycles. The third-order valence-corrected chi connectivity index (χ3v) is 9.39. The number of rotatable bonds is 38. The van der Waals surface area contributed by atoms with Crippen molar-refractivity contribution in [1.29, 1.82) is 0 Å². The van der Waals surface area contributed by atoms with Crippen molar-refractivity contribution in [2.45, 2.75) is 167 Å². The molecular weight excluding hydrogens is 733 g/mol. The van der Waals surface area contributed by atoms with Crippen LogP contribution in [0.2, 0.25) is 0 Å². The maximum Gasteiger partial charge on any atom is 0.472 e. The van der Waals surface area contributed by atoms with Gasteiger partial charge in [0.05, 0.1) is 13.2 Å². The summed E-state index contributed by atoms with van der Waals surface area (Å²) in [6.07, 6.45) is 45.6. The molecule has 0 saturated heterocycles. The Morgan fingerprint density at radius 2 is 1.02 bits per heavy atom. The quantitative estimate of drug-likeness (QED) is 0.0235. The highest BCUT2D eigenvalue weighted by atomic mass is 31.2. The first-order valence-electron chi connectivity index (χ1n) is 21.0. The minimum absolute atomic E-state index is 0.0846. The van der Waals surface area contributed by atoms with Crippen LogP contribution in [0.25, 0.3) is 0 Å². The van der Waals surface area contributed by atoms with Gasteiger partial charge in [-0.1, -0.05) is 138 Å². The van der Waals surface area contributed by atoms with Crippen LogP contribution >= 0.6 is 7.82 Å². The number of nitrogens with two attached hydrogens (primary N) is 1. The Bertz CT molecular complexity index is 1230. The number of carbonyl (C=O) groups excluding carboxylic acids is 2. The van der Waals surface area contributed by atoms with Crippen molar-refractivity contribution in [2.24, 2.45) is 5.73 Å². The van der Waals surface area contributed by atoms with Gasteiger partial charge in [0.25, 0.3) is 0 Å². The van der Waals surface area contributed by atoms with Gasteiger partial charge in [0.2, 0.25) is 0 Å². The third kappa shape index (κ3) is 37.8. The number of hydrogen-bond donors (Lipinski definition) is 3. The van der Waals surface area contributed by atoms with E-state index in [1.807, 2.05) is 6.08 Å². The molecule has 56 heavy (non-hydrogen) atoms. The Morgan fingerprint density at radius 1 is 0.571 bits per heavy atom. The van der Waals surface area contributed by atoms with Gasteiger partial charge in [0.15, 0.2) is 6.10 Å². The van der Waals surface area contributed by atoms with Crippen LogP contribution in [-0.4, -0.2) is 59.9 Å². The van der Waals surface area contributed by atoms with E-state index in [1.165, 1.54) is 57.8 Å². The zero-order valence-electron chi connectivity index (χ0n) is 34.4. The number of esters is 2. The van der Waals surface area contributed by atoms with Crippen molar-refractivity contribution >= 4 is 25.7 Å². The van der Waals surface area contributed by atoms with Crippen molar-refractivity contribution in [2.75, 3.05) is 19.8 Å².